The van der Waals surface area contributed by atoms with E-state index in [0.29, 0.717) is 5.56 Å². The maximum atomic E-state index is 13.0. The summed E-state index contributed by atoms with van der Waals surface area (Å²) in [7, 11) is 0. The molecule has 3 nitrogen and oxygen atoms in total. The first kappa shape index (κ1) is 18.9. The molecule has 0 atom stereocenters. The molecule has 0 saturated carbocycles. The number of benzene rings is 3. The molecule has 134 valence electrons. The molecule has 0 radical (unpaired) electrons. The normalized spacial score (nSPS) is 10.4. The molecule has 0 aliphatic heterocycles. The summed E-state index contributed by atoms with van der Waals surface area (Å²) < 4.78 is 14.8. The van der Waals surface area contributed by atoms with Gasteiger partial charge in [0.05, 0.1) is 6.20 Å². The summed E-state index contributed by atoms with van der Waals surface area (Å²) in [5.41, 5.74) is 2.27. The molecule has 0 bridgehead atoms. The summed E-state index contributed by atoms with van der Waals surface area (Å²) in [6, 6.07) is 21.6. The van der Waals surface area contributed by atoms with Crippen molar-refractivity contribution in [2.24, 2.45) is 0 Å². The molecule has 3 aromatic carbocycles. The molecular formula is C22H17BrFN2O+. The molecule has 0 aliphatic rings. The van der Waals surface area contributed by atoms with Crippen molar-refractivity contribution in [3.8, 4) is 11.3 Å². The summed E-state index contributed by atoms with van der Waals surface area (Å²) in [6.45, 7) is 0.213. The Balaban J connectivity index is 0.00000210. The summed E-state index contributed by atoms with van der Waals surface area (Å²) in [4.78, 5) is 17.1. The minimum Gasteiger partial charge on any atom is -0.290 e. The van der Waals surface area contributed by atoms with Gasteiger partial charge in [0.25, 0.3) is 6.33 Å². The van der Waals surface area contributed by atoms with Crippen LogP contribution >= 0.6 is 17.0 Å². The van der Waals surface area contributed by atoms with Gasteiger partial charge >= 0.3 is 0 Å². The lowest BCUT2D eigenvalue weighted by Crippen LogP contribution is -2.37. The van der Waals surface area contributed by atoms with E-state index in [1.54, 1.807) is 23.0 Å². The first-order valence-corrected chi connectivity index (χ1v) is 8.33. The molecule has 1 heterocycles. The Bertz CT molecular complexity index is 1070. The second kappa shape index (κ2) is 8.18. The van der Waals surface area contributed by atoms with Gasteiger partial charge in [-0.2, -0.15) is 0 Å². The number of rotatable bonds is 4. The molecule has 0 saturated heterocycles. The van der Waals surface area contributed by atoms with Gasteiger partial charge in [0.1, 0.15) is 5.82 Å². The first-order chi connectivity index (χ1) is 12.7. The topological polar surface area (TPSA) is 33.8 Å². The third-order valence-electron chi connectivity index (χ3n) is 4.33. The fourth-order valence-corrected chi connectivity index (χ4v) is 2.99. The maximum Gasteiger partial charge on any atom is 0.287 e. The largest absolute Gasteiger partial charge is 0.290 e. The Kier molecular flexibility index (Phi) is 5.72. The zero-order valence-corrected chi connectivity index (χ0v) is 16.1. The number of hydrogen-bond acceptors (Lipinski definition) is 2. The van der Waals surface area contributed by atoms with Gasteiger partial charge in [0, 0.05) is 17.2 Å². The number of ketones is 1. The van der Waals surface area contributed by atoms with Gasteiger partial charge in [0.2, 0.25) is 5.78 Å². The van der Waals surface area contributed by atoms with Crippen LogP contribution < -0.4 is 4.57 Å². The van der Waals surface area contributed by atoms with Crippen LogP contribution in [-0.4, -0.2) is 10.8 Å². The van der Waals surface area contributed by atoms with E-state index in [9.17, 15) is 9.18 Å². The van der Waals surface area contributed by atoms with Crippen LogP contribution in [0.3, 0.4) is 0 Å². The van der Waals surface area contributed by atoms with Crippen molar-refractivity contribution in [1.29, 1.82) is 0 Å². The number of Topliss-reactive ketones (excluding diaryl/α,β-unsaturated/α-hetero) is 1. The summed E-state index contributed by atoms with van der Waals surface area (Å²) in [6.07, 6.45) is 3.44. The number of aromatic nitrogens is 2. The van der Waals surface area contributed by atoms with E-state index in [0.717, 1.165) is 22.0 Å². The van der Waals surface area contributed by atoms with E-state index in [1.165, 1.54) is 12.1 Å². The highest BCUT2D eigenvalue weighted by Crippen LogP contribution is 2.19. The number of fused-ring (bicyclic) bond motifs is 1. The smallest absolute Gasteiger partial charge is 0.287 e. The SMILES string of the molecule is Br.O=C(C[n+]1ccc(-c2ccc(F)cc2)nc1)c1cccc2ccccc12. The van der Waals surface area contributed by atoms with Crippen molar-refractivity contribution >= 4 is 33.5 Å². The van der Waals surface area contributed by atoms with E-state index in [2.05, 4.69) is 4.98 Å². The van der Waals surface area contributed by atoms with Crippen molar-refractivity contribution in [2.75, 3.05) is 0 Å². The van der Waals surface area contributed by atoms with E-state index in [-0.39, 0.29) is 35.1 Å². The van der Waals surface area contributed by atoms with Gasteiger partial charge < -0.3 is 0 Å². The van der Waals surface area contributed by atoms with Gasteiger partial charge in [-0.1, -0.05) is 42.5 Å². The number of halogens is 2. The van der Waals surface area contributed by atoms with Gasteiger partial charge in [-0.15, -0.1) is 17.0 Å². The Labute approximate surface area is 166 Å². The lowest BCUT2D eigenvalue weighted by atomic mass is 10.0. The second-order valence-corrected chi connectivity index (χ2v) is 6.07. The summed E-state index contributed by atoms with van der Waals surface area (Å²) in [5.74, 6) is -0.247. The number of hydrogen-bond donors (Lipinski definition) is 0. The first-order valence-electron chi connectivity index (χ1n) is 8.33. The summed E-state index contributed by atoms with van der Waals surface area (Å²) in [5, 5.41) is 2.00. The minimum absolute atomic E-state index is 0. The van der Waals surface area contributed by atoms with E-state index < -0.39 is 0 Å². The van der Waals surface area contributed by atoms with Crippen molar-refractivity contribution < 1.29 is 13.8 Å². The van der Waals surface area contributed by atoms with Crippen molar-refractivity contribution in [2.45, 2.75) is 6.54 Å². The Hall–Kier alpha value is -2.92. The van der Waals surface area contributed by atoms with Gasteiger partial charge in [-0.05, 0) is 40.0 Å². The average Bonchev–Trinajstić information content (AvgIpc) is 2.69. The van der Waals surface area contributed by atoms with Crippen LogP contribution in [0.1, 0.15) is 10.4 Å². The molecule has 0 fully saturated rings. The van der Waals surface area contributed by atoms with Crippen LogP contribution in [0.25, 0.3) is 22.0 Å². The van der Waals surface area contributed by atoms with Gasteiger partial charge in [0.15, 0.2) is 12.2 Å². The molecule has 0 amide bonds. The maximum absolute atomic E-state index is 13.0. The molecule has 0 N–H and O–H groups in total. The minimum atomic E-state index is -0.277. The fraction of sp³-hybridized carbons (Fsp3) is 0.0455. The van der Waals surface area contributed by atoms with Crippen LogP contribution in [0.4, 0.5) is 4.39 Å². The lowest BCUT2D eigenvalue weighted by molar-refractivity contribution is -0.686. The highest BCUT2D eigenvalue weighted by molar-refractivity contribution is 8.93. The predicted octanol–water partition coefficient (Wildman–Crippen LogP) is 4.79. The number of carbonyl (C=O) groups excluding carboxylic acids is 1. The van der Waals surface area contributed by atoms with Crippen molar-refractivity contribution in [3.63, 3.8) is 0 Å². The van der Waals surface area contributed by atoms with E-state index in [1.807, 2.05) is 54.7 Å². The van der Waals surface area contributed by atoms with Crippen LogP contribution in [0.15, 0.2) is 85.3 Å². The highest BCUT2D eigenvalue weighted by Gasteiger charge is 2.14. The van der Waals surface area contributed by atoms with Crippen LogP contribution in [0.2, 0.25) is 0 Å². The molecule has 4 aromatic rings. The molecule has 27 heavy (non-hydrogen) atoms. The van der Waals surface area contributed by atoms with Crippen LogP contribution in [-0.2, 0) is 6.54 Å². The molecule has 0 spiro atoms. The Morgan fingerprint density at radius 2 is 1.67 bits per heavy atom. The highest BCUT2D eigenvalue weighted by atomic mass is 79.9. The number of nitrogens with zero attached hydrogens (tertiary/aromatic N) is 2. The van der Waals surface area contributed by atoms with Crippen molar-refractivity contribution in [3.05, 3.63) is 96.7 Å². The van der Waals surface area contributed by atoms with E-state index in [4.69, 9.17) is 0 Å². The number of carbonyl (C=O) groups is 1. The zero-order chi connectivity index (χ0) is 17.9. The third-order valence-corrected chi connectivity index (χ3v) is 4.33. The molecule has 1 aromatic heterocycles. The monoisotopic (exact) mass is 423 g/mol. The lowest BCUT2D eigenvalue weighted by Gasteiger charge is -2.05. The molecule has 5 heteroatoms. The standard InChI is InChI=1S/C22H16FN2O.BrH/c23-18-10-8-17(9-11-18)21-12-13-25(15-24-21)14-22(26)20-7-3-5-16-4-1-2-6-19(16)20;/h1-13,15H,14H2;1H/q+1;. The zero-order valence-electron chi connectivity index (χ0n) is 14.4. The van der Waals surface area contributed by atoms with Gasteiger partial charge in [-0.3, -0.25) is 4.79 Å². The Morgan fingerprint density at radius 3 is 2.41 bits per heavy atom. The van der Waals surface area contributed by atoms with Crippen LogP contribution in [0.5, 0.6) is 0 Å². The molecule has 4 rings (SSSR count). The van der Waals surface area contributed by atoms with Crippen LogP contribution in [0, 0.1) is 5.82 Å². The van der Waals surface area contributed by atoms with Gasteiger partial charge in [-0.25, -0.2) is 8.96 Å². The average molecular weight is 424 g/mol. The van der Waals surface area contributed by atoms with E-state index >= 15 is 0 Å². The molecule has 0 aliphatic carbocycles. The molecule has 0 unspecified atom stereocenters. The fourth-order valence-electron chi connectivity index (χ4n) is 2.99. The quantitative estimate of drug-likeness (QED) is 0.349. The van der Waals surface area contributed by atoms with Crippen molar-refractivity contribution in [1.82, 2.24) is 4.98 Å². The molecular weight excluding hydrogens is 407 g/mol. The second-order valence-electron chi connectivity index (χ2n) is 6.07. The Morgan fingerprint density at radius 1 is 0.926 bits per heavy atom. The summed E-state index contributed by atoms with van der Waals surface area (Å²) >= 11 is 0. The predicted molar refractivity (Wildman–Crippen MR) is 108 cm³/mol. The third kappa shape index (κ3) is 4.09.